The van der Waals surface area contributed by atoms with Crippen molar-refractivity contribution in [1.82, 2.24) is 0 Å². The molecule has 9 atom stereocenters. The van der Waals surface area contributed by atoms with Crippen LogP contribution in [0.2, 0.25) is 0 Å². The fourth-order valence-corrected chi connectivity index (χ4v) is 3.84. The third-order valence-corrected chi connectivity index (χ3v) is 5.16. The first-order valence-corrected chi connectivity index (χ1v) is 10.3. The van der Waals surface area contributed by atoms with Crippen molar-refractivity contribution in [2.75, 3.05) is 34.5 Å². The van der Waals surface area contributed by atoms with Crippen LogP contribution in [0.5, 0.6) is 0 Å². The van der Waals surface area contributed by atoms with E-state index in [9.17, 15) is 19.5 Å². The van der Waals surface area contributed by atoms with E-state index in [0.717, 1.165) is 0 Å². The number of rotatable bonds is 10. The zero-order valence-electron chi connectivity index (χ0n) is 19.5. The summed E-state index contributed by atoms with van der Waals surface area (Å²) in [6.07, 6.45) is -8.86. The van der Waals surface area contributed by atoms with Gasteiger partial charge in [-0.2, -0.15) is 0 Å². The molecule has 33 heavy (non-hydrogen) atoms. The van der Waals surface area contributed by atoms with Crippen molar-refractivity contribution < 1.29 is 62.1 Å². The van der Waals surface area contributed by atoms with Gasteiger partial charge in [0.05, 0.1) is 6.61 Å². The van der Waals surface area contributed by atoms with E-state index >= 15 is 0 Å². The van der Waals surface area contributed by atoms with Crippen LogP contribution in [-0.2, 0) is 57.0 Å². The predicted molar refractivity (Wildman–Crippen MR) is 106 cm³/mol. The number of esters is 3. The molecule has 2 heterocycles. The van der Waals surface area contributed by atoms with Gasteiger partial charge in [-0.15, -0.1) is 0 Å². The fourth-order valence-electron chi connectivity index (χ4n) is 3.84. The minimum atomic E-state index is -1.28. The lowest BCUT2D eigenvalue weighted by atomic mass is 9.98. The van der Waals surface area contributed by atoms with Crippen molar-refractivity contribution in [3.05, 3.63) is 0 Å². The Bertz CT molecular complexity index is 670. The second kappa shape index (κ2) is 12.6. The number of carbonyl (C=O) groups excluding carboxylic acids is 3. The van der Waals surface area contributed by atoms with Crippen LogP contribution in [0.3, 0.4) is 0 Å². The van der Waals surface area contributed by atoms with Gasteiger partial charge in [-0.25, -0.2) is 0 Å². The van der Waals surface area contributed by atoms with Gasteiger partial charge in [-0.1, -0.05) is 0 Å². The second-order valence-electron chi connectivity index (χ2n) is 7.46. The lowest BCUT2D eigenvalue weighted by Gasteiger charge is -2.45. The Morgan fingerprint density at radius 3 is 1.76 bits per heavy atom. The van der Waals surface area contributed by atoms with Crippen molar-refractivity contribution >= 4 is 17.9 Å². The molecule has 2 saturated heterocycles. The van der Waals surface area contributed by atoms with E-state index in [1.807, 2.05) is 0 Å². The highest BCUT2D eigenvalue weighted by atomic mass is 16.8. The second-order valence-corrected chi connectivity index (χ2v) is 7.46. The van der Waals surface area contributed by atoms with Crippen molar-refractivity contribution in [3.8, 4) is 0 Å². The third-order valence-electron chi connectivity index (χ3n) is 5.16. The van der Waals surface area contributed by atoms with Gasteiger partial charge in [0.2, 0.25) is 0 Å². The zero-order chi connectivity index (χ0) is 24.7. The van der Waals surface area contributed by atoms with Crippen LogP contribution >= 0.6 is 0 Å². The van der Waals surface area contributed by atoms with Gasteiger partial charge in [0.15, 0.2) is 24.8 Å². The Morgan fingerprint density at radius 2 is 1.27 bits per heavy atom. The van der Waals surface area contributed by atoms with Crippen LogP contribution < -0.4 is 0 Å². The average molecular weight is 480 g/mol. The number of hydrogen-bond donors (Lipinski definition) is 1. The first-order valence-electron chi connectivity index (χ1n) is 10.3. The van der Waals surface area contributed by atoms with Gasteiger partial charge in [0.25, 0.3) is 0 Å². The molecule has 2 aliphatic rings. The Hall–Kier alpha value is -1.87. The molecule has 13 heteroatoms. The lowest BCUT2D eigenvalue weighted by molar-refractivity contribution is -0.332. The molecule has 0 aliphatic carbocycles. The Labute approximate surface area is 191 Å². The maximum Gasteiger partial charge on any atom is 0.303 e. The molecule has 2 fully saturated rings. The Kier molecular flexibility index (Phi) is 10.4. The summed E-state index contributed by atoms with van der Waals surface area (Å²) in [6.45, 7) is 2.81. The molecular formula is C20H32O13. The summed E-state index contributed by atoms with van der Waals surface area (Å²) in [5, 5.41) is 9.89. The maximum atomic E-state index is 11.8. The van der Waals surface area contributed by atoms with Crippen LogP contribution in [0.25, 0.3) is 0 Å². The van der Waals surface area contributed by atoms with Crippen molar-refractivity contribution in [1.29, 1.82) is 0 Å². The van der Waals surface area contributed by atoms with Crippen LogP contribution in [0.1, 0.15) is 20.8 Å². The summed E-state index contributed by atoms with van der Waals surface area (Å²) < 4.78 is 49.6. The molecule has 0 radical (unpaired) electrons. The van der Waals surface area contributed by atoms with Gasteiger partial charge in [0.1, 0.15) is 37.1 Å². The van der Waals surface area contributed by atoms with Crippen LogP contribution in [0.15, 0.2) is 0 Å². The summed E-state index contributed by atoms with van der Waals surface area (Å²) in [5.41, 5.74) is 0. The van der Waals surface area contributed by atoms with Crippen LogP contribution in [-0.4, -0.2) is 113 Å². The molecule has 0 aromatic carbocycles. The number of carbonyl (C=O) groups is 3. The monoisotopic (exact) mass is 480 g/mol. The highest BCUT2D eigenvalue weighted by molar-refractivity contribution is 5.68. The fraction of sp³-hybridized carbons (Fsp3) is 0.850. The molecule has 0 saturated carbocycles. The molecule has 13 nitrogen and oxygen atoms in total. The molecule has 2 rings (SSSR count). The topological polar surface area (TPSA) is 155 Å². The third kappa shape index (κ3) is 6.82. The molecule has 0 amide bonds. The molecule has 0 unspecified atom stereocenters. The minimum absolute atomic E-state index is 0.282. The van der Waals surface area contributed by atoms with Crippen molar-refractivity contribution in [2.24, 2.45) is 0 Å². The van der Waals surface area contributed by atoms with E-state index < -0.39 is 79.8 Å². The van der Waals surface area contributed by atoms with E-state index in [1.54, 1.807) is 0 Å². The Morgan fingerprint density at radius 1 is 0.697 bits per heavy atom. The smallest absolute Gasteiger partial charge is 0.303 e. The normalized spacial score (nSPS) is 36.3. The zero-order valence-corrected chi connectivity index (χ0v) is 19.5. The summed E-state index contributed by atoms with van der Waals surface area (Å²) in [5.74, 6) is -1.93. The number of hydrogen-bond acceptors (Lipinski definition) is 13. The maximum absolute atomic E-state index is 11.8. The van der Waals surface area contributed by atoms with E-state index in [4.69, 9.17) is 42.6 Å². The summed E-state index contributed by atoms with van der Waals surface area (Å²) in [7, 11) is 4.27. The summed E-state index contributed by atoms with van der Waals surface area (Å²) in [4.78, 5) is 34.8. The SMILES string of the molecule is CO[C@H]1O[C@H](CO)[C@@H](O[C@H]2O[C@H](COC(C)=O)[C@@H](OC(C)=O)[C@@H]2OC(C)=O)[C@H](OC)[C@H]1OC. The van der Waals surface area contributed by atoms with E-state index in [2.05, 4.69) is 0 Å². The number of ether oxygens (including phenoxy) is 9. The number of methoxy groups -OCH3 is 3. The van der Waals surface area contributed by atoms with E-state index in [-0.39, 0.29) is 6.61 Å². The lowest BCUT2D eigenvalue weighted by Crippen LogP contribution is -2.62. The molecule has 0 spiro atoms. The molecule has 1 N–H and O–H groups in total. The Balaban J connectivity index is 2.33. The molecule has 190 valence electrons. The van der Waals surface area contributed by atoms with Gasteiger partial charge >= 0.3 is 17.9 Å². The number of aliphatic hydroxyl groups is 1. The largest absolute Gasteiger partial charge is 0.463 e. The quantitative estimate of drug-likeness (QED) is 0.298. The van der Waals surface area contributed by atoms with Gasteiger partial charge in [0, 0.05) is 42.1 Å². The molecule has 0 aromatic heterocycles. The average Bonchev–Trinajstić information content (AvgIpc) is 3.06. The van der Waals surface area contributed by atoms with E-state index in [1.165, 1.54) is 42.1 Å². The molecule has 0 bridgehead atoms. The first kappa shape index (κ1) is 27.4. The standard InChI is InChI=1S/C20H32O13/c1-9(22)28-8-13-15(29-10(2)23)18(30-11(3)24)20(32-13)33-14-12(7-21)31-19(27-6)17(26-5)16(14)25-4/h12-21H,7-8H2,1-6H3/t12-,13-,14-,15-,16+,17-,18+,19+,20-/m1/s1. The predicted octanol–water partition coefficient (Wildman–Crippen LogP) is -1.08. The first-order chi connectivity index (χ1) is 15.7. The highest BCUT2D eigenvalue weighted by Gasteiger charge is 2.55. The molecule has 2 aliphatic heterocycles. The van der Waals surface area contributed by atoms with Crippen LogP contribution in [0.4, 0.5) is 0 Å². The summed E-state index contributed by atoms with van der Waals surface area (Å²) in [6, 6.07) is 0. The molecule has 0 aromatic rings. The van der Waals surface area contributed by atoms with Crippen molar-refractivity contribution in [3.63, 3.8) is 0 Å². The summed E-state index contributed by atoms with van der Waals surface area (Å²) >= 11 is 0. The van der Waals surface area contributed by atoms with E-state index in [0.29, 0.717) is 0 Å². The highest BCUT2D eigenvalue weighted by Crippen LogP contribution is 2.34. The van der Waals surface area contributed by atoms with Gasteiger partial charge in [-0.05, 0) is 0 Å². The number of aliphatic hydroxyl groups excluding tert-OH is 1. The van der Waals surface area contributed by atoms with Crippen molar-refractivity contribution in [2.45, 2.75) is 76.1 Å². The van der Waals surface area contributed by atoms with Gasteiger partial charge in [-0.3, -0.25) is 14.4 Å². The minimum Gasteiger partial charge on any atom is -0.463 e. The van der Waals surface area contributed by atoms with Gasteiger partial charge < -0.3 is 47.7 Å². The van der Waals surface area contributed by atoms with Crippen LogP contribution in [0, 0.1) is 0 Å². The molecular weight excluding hydrogens is 448 g/mol.